The molecule has 0 aliphatic rings. The summed E-state index contributed by atoms with van der Waals surface area (Å²) in [7, 11) is 4.11. The predicted molar refractivity (Wildman–Crippen MR) is 122 cm³/mol. The first-order valence-corrected chi connectivity index (χ1v) is 10.8. The minimum Gasteiger partial charge on any atom is -0.380 e. The molecule has 0 radical (unpaired) electrons. The van der Waals surface area contributed by atoms with Crippen molar-refractivity contribution in [2.24, 2.45) is 0 Å². The zero-order chi connectivity index (χ0) is 20.5. The van der Waals surface area contributed by atoms with Crippen LogP contribution >= 0.6 is 11.8 Å². The molecular weight excluding hydrogens is 380 g/mol. The maximum Gasteiger partial charge on any atom is 0.291 e. The van der Waals surface area contributed by atoms with Crippen LogP contribution < -0.4 is 10.9 Å². The van der Waals surface area contributed by atoms with Crippen LogP contribution in [0.5, 0.6) is 0 Å². The quantitative estimate of drug-likeness (QED) is 0.407. The van der Waals surface area contributed by atoms with Gasteiger partial charge in [0.15, 0.2) is 0 Å². The lowest BCUT2D eigenvalue weighted by molar-refractivity contribution is 0.405. The van der Waals surface area contributed by atoms with Gasteiger partial charge in [-0.3, -0.25) is 4.79 Å². The molecule has 3 aromatic rings. The monoisotopic (exact) mass is 408 g/mol. The van der Waals surface area contributed by atoms with Gasteiger partial charge < -0.3 is 10.2 Å². The molecule has 29 heavy (non-hydrogen) atoms. The van der Waals surface area contributed by atoms with Crippen LogP contribution in [0, 0.1) is 0 Å². The van der Waals surface area contributed by atoms with E-state index < -0.39 is 0 Å². The number of aromatic nitrogens is 2. The predicted octanol–water partition coefficient (Wildman–Crippen LogP) is 3.95. The fraction of sp³-hybridized carbons (Fsp3) is 0.304. The number of thioether (sulfide) groups is 1. The average Bonchev–Trinajstić information content (AvgIpc) is 2.74. The molecule has 1 heterocycles. The number of hydrogen-bond acceptors (Lipinski definition) is 5. The zero-order valence-electron chi connectivity index (χ0n) is 17.0. The van der Waals surface area contributed by atoms with E-state index in [0.717, 1.165) is 35.7 Å². The molecule has 0 amide bonds. The molecule has 0 unspecified atom stereocenters. The third-order valence-corrected chi connectivity index (χ3v) is 5.60. The van der Waals surface area contributed by atoms with Crippen LogP contribution in [0.1, 0.15) is 17.5 Å². The second-order valence-corrected chi connectivity index (χ2v) is 8.21. The Labute approximate surface area is 176 Å². The Bertz CT molecular complexity index is 942. The first-order valence-electron chi connectivity index (χ1n) is 9.83. The third-order valence-electron chi connectivity index (χ3n) is 4.51. The molecule has 0 aliphatic carbocycles. The Hall–Kier alpha value is -2.57. The normalized spacial score (nSPS) is 11.0. The maximum absolute atomic E-state index is 13.1. The van der Waals surface area contributed by atoms with Crippen molar-refractivity contribution in [2.45, 2.75) is 23.6 Å². The maximum atomic E-state index is 13.1. The van der Waals surface area contributed by atoms with Crippen LogP contribution in [0.3, 0.4) is 0 Å². The Morgan fingerprint density at radius 1 is 1.00 bits per heavy atom. The summed E-state index contributed by atoms with van der Waals surface area (Å²) in [5.41, 5.74) is 2.86. The summed E-state index contributed by atoms with van der Waals surface area (Å²) < 4.78 is 1.54. The van der Waals surface area contributed by atoms with Crippen molar-refractivity contribution in [3.8, 4) is 0 Å². The van der Waals surface area contributed by atoms with Crippen molar-refractivity contribution in [1.29, 1.82) is 0 Å². The van der Waals surface area contributed by atoms with Gasteiger partial charge in [-0.1, -0.05) is 60.7 Å². The van der Waals surface area contributed by atoms with Crippen molar-refractivity contribution in [3.63, 3.8) is 0 Å². The lowest BCUT2D eigenvalue weighted by atomic mass is 10.2. The molecule has 5 nitrogen and oxygen atoms in total. The molecule has 0 bridgehead atoms. The van der Waals surface area contributed by atoms with E-state index in [0.29, 0.717) is 12.2 Å². The third kappa shape index (κ3) is 6.48. The fourth-order valence-corrected chi connectivity index (χ4v) is 3.90. The number of rotatable bonds is 10. The second-order valence-electron chi connectivity index (χ2n) is 7.19. The van der Waals surface area contributed by atoms with E-state index in [1.54, 1.807) is 11.8 Å². The summed E-state index contributed by atoms with van der Waals surface area (Å²) in [5, 5.41) is 7.82. The molecule has 3 rings (SSSR count). The van der Waals surface area contributed by atoms with E-state index in [1.807, 2.05) is 54.7 Å². The number of nitrogens with one attached hydrogen (secondary N) is 1. The Kier molecular flexibility index (Phi) is 7.90. The Balaban J connectivity index is 1.79. The average molecular weight is 409 g/mol. The summed E-state index contributed by atoms with van der Waals surface area (Å²) >= 11 is 1.64. The van der Waals surface area contributed by atoms with E-state index in [-0.39, 0.29) is 5.56 Å². The summed E-state index contributed by atoms with van der Waals surface area (Å²) in [6.07, 6.45) is 2.78. The van der Waals surface area contributed by atoms with Crippen LogP contribution in [0.15, 0.2) is 76.6 Å². The molecule has 1 N–H and O–H groups in total. The minimum atomic E-state index is -0.0724. The Morgan fingerprint density at radius 2 is 1.66 bits per heavy atom. The smallest absolute Gasteiger partial charge is 0.291 e. The van der Waals surface area contributed by atoms with Crippen molar-refractivity contribution in [1.82, 2.24) is 14.7 Å². The standard InChI is InChI=1S/C23H28N4OS/c1-26(2)15-9-14-24-22-21(29-18-20-12-7-4-8-13-20)16-25-27(23(22)28)17-19-10-5-3-6-11-19/h3-8,10-13,16,24H,9,14-15,17-18H2,1-2H3. The molecule has 152 valence electrons. The molecule has 0 saturated carbocycles. The van der Waals surface area contributed by atoms with Gasteiger partial charge in [0, 0.05) is 12.3 Å². The first kappa shape index (κ1) is 21.1. The van der Waals surface area contributed by atoms with Gasteiger partial charge in [0.25, 0.3) is 5.56 Å². The van der Waals surface area contributed by atoms with E-state index in [1.165, 1.54) is 10.2 Å². The fourth-order valence-electron chi connectivity index (χ4n) is 2.96. The topological polar surface area (TPSA) is 50.2 Å². The number of benzene rings is 2. The number of hydrogen-bond donors (Lipinski definition) is 1. The summed E-state index contributed by atoms with van der Waals surface area (Å²) in [6, 6.07) is 20.2. The second kappa shape index (κ2) is 10.8. The summed E-state index contributed by atoms with van der Waals surface area (Å²) in [4.78, 5) is 16.2. The molecule has 0 aliphatic heterocycles. The van der Waals surface area contributed by atoms with Crippen molar-refractivity contribution < 1.29 is 0 Å². The van der Waals surface area contributed by atoms with Gasteiger partial charge in [-0.2, -0.15) is 5.10 Å². The van der Waals surface area contributed by atoms with Gasteiger partial charge >= 0.3 is 0 Å². The molecule has 1 aromatic heterocycles. The van der Waals surface area contributed by atoms with Crippen molar-refractivity contribution in [2.75, 3.05) is 32.5 Å². The van der Waals surface area contributed by atoms with Crippen LogP contribution in [0.2, 0.25) is 0 Å². The molecule has 0 atom stereocenters. The van der Waals surface area contributed by atoms with E-state index >= 15 is 0 Å². The number of nitrogens with zero attached hydrogens (tertiary/aromatic N) is 3. The van der Waals surface area contributed by atoms with E-state index in [4.69, 9.17) is 0 Å². The lowest BCUT2D eigenvalue weighted by Crippen LogP contribution is -2.28. The van der Waals surface area contributed by atoms with Crippen LogP contribution in [0.25, 0.3) is 0 Å². The van der Waals surface area contributed by atoms with Gasteiger partial charge in [0.1, 0.15) is 5.69 Å². The Morgan fingerprint density at radius 3 is 2.31 bits per heavy atom. The van der Waals surface area contributed by atoms with E-state index in [9.17, 15) is 4.79 Å². The summed E-state index contributed by atoms with van der Waals surface area (Å²) in [6.45, 7) is 2.19. The van der Waals surface area contributed by atoms with Crippen molar-refractivity contribution in [3.05, 3.63) is 88.3 Å². The lowest BCUT2D eigenvalue weighted by Gasteiger charge is -2.15. The molecular formula is C23H28N4OS. The van der Waals surface area contributed by atoms with Gasteiger partial charge in [-0.15, -0.1) is 11.8 Å². The number of anilines is 1. The molecule has 0 spiro atoms. The van der Waals surface area contributed by atoms with Gasteiger partial charge in [0.05, 0.1) is 17.6 Å². The van der Waals surface area contributed by atoms with Gasteiger partial charge in [-0.05, 0) is 38.2 Å². The zero-order valence-corrected chi connectivity index (χ0v) is 17.9. The SMILES string of the molecule is CN(C)CCCNc1c(SCc2ccccc2)cnn(Cc2ccccc2)c1=O. The highest BCUT2D eigenvalue weighted by atomic mass is 32.2. The minimum absolute atomic E-state index is 0.0724. The highest BCUT2D eigenvalue weighted by Crippen LogP contribution is 2.27. The highest BCUT2D eigenvalue weighted by molar-refractivity contribution is 7.98. The van der Waals surface area contributed by atoms with Gasteiger partial charge in [-0.25, -0.2) is 4.68 Å². The van der Waals surface area contributed by atoms with Crippen LogP contribution in [-0.4, -0.2) is 41.9 Å². The molecule has 0 fully saturated rings. The summed E-state index contributed by atoms with van der Waals surface area (Å²) in [5.74, 6) is 0.803. The molecule has 0 saturated heterocycles. The highest BCUT2D eigenvalue weighted by Gasteiger charge is 2.12. The van der Waals surface area contributed by atoms with Gasteiger partial charge in [0.2, 0.25) is 0 Å². The largest absolute Gasteiger partial charge is 0.380 e. The van der Waals surface area contributed by atoms with E-state index in [2.05, 4.69) is 41.5 Å². The first-order chi connectivity index (χ1) is 14.1. The molecule has 6 heteroatoms. The van der Waals surface area contributed by atoms with Crippen molar-refractivity contribution >= 4 is 17.4 Å². The molecule has 2 aromatic carbocycles. The van der Waals surface area contributed by atoms with Crippen LogP contribution in [-0.2, 0) is 12.3 Å². The van der Waals surface area contributed by atoms with Crippen LogP contribution in [0.4, 0.5) is 5.69 Å².